The number of hydrogen-bond acceptors (Lipinski definition) is 5. The highest BCUT2D eigenvalue weighted by molar-refractivity contribution is 5.97. The standard InChI is InChI=1S/C27H34FN3O3/c28-23-8-11-29(12-9-23)16-20-5-6-25-26(15-20)34-14-13-31(27(25)33)19-24(32)18-30-10-7-21-3-1-2-4-22(21)17-30/h1-6,15,23-24,32H,7-14,16-19H2. The summed E-state index contributed by atoms with van der Waals surface area (Å²) in [7, 11) is 0. The van der Waals surface area contributed by atoms with Gasteiger partial charge < -0.3 is 14.7 Å². The van der Waals surface area contributed by atoms with E-state index in [9.17, 15) is 14.3 Å². The molecule has 6 nitrogen and oxygen atoms in total. The predicted octanol–water partition coefficient (Wildman–Crippen LogP) is 2.87. The molecule has 0 aromatic heterocycles. The van der Waals surface area contributed by atoms with Crippen LogP contribution < -0.4 is 4.74 Å². The molecule has 1 amide bonds. The molecular weight excluding hydrogens is 433 g/mol. The lowest BCUT2D eigenvalue weighted by Gasteiger charge is -2.32. The summed E-state index contributed by atoms with van der Waals surface area (Å²) in [6.07, 6.45) is 0.855. The Morgan fingerprint density at radius 3 is 2.62 bits per heavy atom. The van der Waals surface area contributed by atoms with E-state index in [1.807, 2.05) is 18.2 Å². The van der Waals surface area contributed by atoms with Crippen molar-refractivity contribution in [1.82, 2.24) is 14.7 Å². The summed E-state index contributed by atoms with van der Waals surface area (Å²) >= 11 is 0. The first-order chi connectivity index (χ1) is 16.5. The van der Waals surface area contributed by atoms with Gasteiger partial charge in [0, 0.05) is 45.8 Å². The minimum absolute atomic E-state index is 0.0969. The van der Waals surface area contributed by atoms with Crippen molar-refractivity contribution in [2.75, 3.05) is 45.9 Å². The second kappa shape index (κ2) is 10.4. The number of aliphatic hydroxyl groups is 1. The molecule has 0 saturated carbocycles. The topological polar surface area (TPSA) is 56.3 Å². The van der Waals surface area contributed by atoms with Crippen molar-refractivity contribution in [1.29, 1.82) is 0 Å². The number of carbonyl (C=O) groups is 1. The van der Waals surface area contributed by atoms with E-state index in [1.165, 1.54) is 11.1 Å². The molecule has 2 aromatic carbocycles. The Hall–Kier alpha value is -2.48. The molecule has 0 bridgehead atoms. The molecule has 7 heteroatoms. The molecule has 1 N–H and O–H groups in total. The number of hydrogen-bond donors (Lipinski definition) is 1. The third-order valence-corrected chi connectivity index (χ3v) is 7.22. The third kappa shape index (κ3) is 5.43. The number of halogens is 1. The molecule has 1 saturated heterocycles. The van der Waals surface area contributed by atoms with Crippen LogP contribution in [0.5, 0.6) is 5.75 Å². The third-order valence-electron chi connectivity index (χ3n) is 7.22. The Kier molecular flexibility index (Phi) is 7.13. The van der Waals surface area contributed by atoms with Crippen molar-refractivity contribution in [3.05, 3.63) is 64.7 Å². The van der Waals surface area contributed by atoms with E-state index in [2.05, 4.69) is 34.1 Å². The van der Waals surface area contributed by atoms with Crippen molar-refractivity contribution >= 4 is 5.91 Å². The number of carbonyl (C=O) groups excluding carboxylic acids is 1. The summed E-state index contributed by atoms with van der Waals surface area (Å²) in [4.78, 5) is 19.5. The van der Waals surface area contributed by atoms with Crippen LogP contribution in [0.25, 0.3) is 0 Å². The minimum atomic E-state index is -0.684. The van der Waals surface area contributed by atoms with E-state index >= 15 is 0 Å². The fraction of sp³-hybridized carbons (Fsp3) is 0.519. The zero-order chi connectivity index (χ0) is 23.5. The lowest BCUT2D eigenvalue weighted by molar-refractivity contribution is 0.0501. The van der Waals surface area contributed by atoms with Gasteiger partial charge in [0.15, 0.2) is 0 Å². The normalized spacial score (nSPS) is 20.9. The number of aliphatic hydroxyl groups excluding tert-OH is 1. The van der Waals surface area contributed by atoms with E-state index in [-0.39, 0.29) is 5.91 Å². The monoisotopic (exact) mass is 467 g/mol. The number of amides is 1. The first kappa shape index (κ1) is 23.3. The first-order valence-electron chi connectivity index (χ1n) is 12.4. The van der Waals surface area contributed by atoms with Crippen LogP contribution in [0.15, 0.2) is 42.5 Å². The Labute approximate surface area is 200 Å². The fourth-order valence-corrected chi connectivity index (χ4v) is 5.31. The summed E-state index contributed by atoms with van der Waals surface area (Å²) in [6, 6.07) is 14.2. The van der Waals surface area contributed by atoms with Crippen LogP contribution in [-0.2, 0) is 19.5 Å². The lowest BCUT2D eigenvalue weighted by atomic mass is 10.00. The number of ether oxygens (including phenoxy) is 1. The number of fused-ring (bicyclic) bond motifs is 2. The summed E-state index contributed by atoms with van der Waals surface area (Å²) in [6.45, 7) is 5.68. The smallest absolute Gasteiger partial charge is 0.257 e. The SMILES string of the molecule is O=C1c2ccc(CN3CCC(F)CC3)cc2OCCN1CC(O)CN1CCc2ccccc2C1. The Bertz CT molecular complexity index is 1010. The van der Waals surface area contributed by atoms with Gasteiger partial charge in [-0.15, -0.1) is 0 Å². The van der Waals surface area contributed by atoms with Crippen LogP contribution >= 0.6 is 0 Å². The Balaban J connectivity index is 1.18. The van der Waals surface area contributed by atoms with Crippen molar-refractivity contribution in [3.8, 4) is 5.75 Å². The summed E-state index contributed by atoms with van der Waals surface area (Å²) in [5.41, 5.74) is 4.32. The van der Waals surface area contributed by atoms with E-state index in [1.54, 1.807) is 4.90 Å². The average Bonchev–Trinajstić information content (AvgIpc) is 2.99. The number of piperidine rings is 1. The summed E-state index contributed by atoms with van der Waals surface area (Å²) in [5.74, 6) is 0.507. The van der Waals surface area contributed by atoms with Crippen LogP contribution in [-0.4, -0.2) is 83.9 Å². The molecule has 0 aliphatic carbocycles. The van der Waals surface area contributed by atoms with Crippen LogP contribution in [0.4, 0.5) is 4.39 Å². The lowest BCUT2D eigenvalue weighted by Crippen LogP contribution is -2.44. The molecule has 2 aromatic rings. The van der Waals surface area contributed by atoms with Crippen molar-refractivity contribution in [3.63, 3.8) is 0 Å². The van der Waals surface area contributed by atoms with Gasteiger partial charge in [-0.1, -0.05) is 30.3 Å². The number of rotatable bonds is 6. The molecule has 1 unspecified atom stereocenters. The number of alkyl halides is 1. The Morgan fingerprint density at radius 2 is 1.79 bits per heavy atom. The second-order valence-corrected chi connectivity index (χ2v) is 9.79. The second-order valence-electron chi connectivity index (χ2n) is 9.79. The van der Waals surface area contributed by atoms with Crippen LogP contribution in [0.1, 0.15) is 39.9 Å². The molecule has 34 heavy (non-hydrogen) atoms. The number of benzene rings is 2. The van der Waals surface area contributed by atoms with Gasteiger partial charge in [-0.3, -0.25) is 14.6 Å². The molecule has 5 rings (SSSR count). The molecule has 3 aliphatic rings. The fourth-order valence-electron chi connectivity index (χ4n) is 5.31. The summed E-state index contributed by atoms with van der Waals surface area (Å²) < 4.78 is 19.4. The maximum atomic E-state index is 13.4. The van der Waals surface area contributed by atoms with Crippen LogP contribution in [0, 0.1) is 0 Å². The maximum absolute atomic E-state index is 13.4. The number of likely N-dealkylation sites (tertiary alicyclic amines) is 1. The van der Waals surface area contributed by atoms with Crippen molar-refractivity contribution in [2.24, 2.45) is 0 Å². The van der Waals surface area contributed by atoms with Crippen molar-refractivity contribution in [2.45, 2.75) is 44.6 Å². The maximum Gasteiger partial charge on any atom is 0.257 e. The van der Waals surface area contributed by atoms with Gasteiger partial charge in [0.2, 0.25) is 0 Å². The minimum Gasteiger partial charge on any atom is -0.491 e. The van der Waals surface area contributed by atoms with Crippen LogP contribution in [0.2, 0.25) is 0 Å². The van der Waals surface area contributed by atoms with Gasteiger partial charge in [0.05, 0.1) is 18.2 Å². The van der Waals surface area contributed by atoms with Gasteiger partial charge in [-0.25, -0.2) is 4.39 Å². The zero-order valence-electron chi connectivity index (χ0n) is 19.7. The van der Waals surface area contributed by atoms with Gasteiger partial charge in [0.25, 0.3) is 5.91 Å². The first-order valence-corrected chi connectivity index (χ1v) is 12.4. The summed E-state index contributed by atoms with van der Waals surface area (Å²) in [5, 5.41) is 10.8. The highest BCUT2D eigenvalue weighted by Gasteiger charge is 2.27. The molecular formula is C27H34FN3O3. The highest BCUT2D eigenvalue weighted by atomic mass is 19.1. The average molecular weight is 468 g/mol. The van der Waals surface area contributed by atoms with E-state index in [0.717, 1.165) is 44.7 Å². The molecule has 0 radical (unpaired) electrons. The van der Waals surface area contributed by atoms with E-state index in [4.69, 9.17) is 4.74 Å². The number of β-amino-alcohol motifs (C(OH)–C–C–N with tert-alkyl or cyclic N) is 1. The van der Waals surface area contributed by atoms with Gasteiger partial charge >= 0.3 is 0 Å². The van der Waals surface area contributed by atoms with Crippen LogP contribution in [0.3, 0.4) is 0 Å². The van der Waals surface area contributed by atoms with E-state index in [0.29, 0.717) is 50.4 Å². The van der Waals surface area contributed by atoms with Gasteiger partial charge in [-0.05, 0) is 48.1 Å². The molecule has 3 aliphatic heterocycles. The molecule has 0 spiro atoms. The number of nitrogens with zero attached hydrogens (tertiary/aromatic N) is 3. The van der Waals surface area contributed by atoms with Gasteiger partial charge in [0.1, 0.15) is 18.5 Å². The quantitative estimate of drug-likeness (QED) is 0.708. The predicted molar refractivity (Wildman–Crippen MR) is 129 cm³/mol. The van der Waals surface area contributed by atoms with Gasteiger partial charge in [-0.2, -0.15) is 0 Å². The van der Waals surface area contributed by atoms with E-state index < -0.39 is 12.3 Å². The molecule has 182 valence electrons. The van der Waals surface area contributed by atoms with Crippen molar-refractivity contribution < 1.29 is 19.0 Å². The largest absolute Gasteiger partial charge is 0.491 e. The molecule has 1 fully saturated rings. The zero-order valence-corrected chi connectivity index (χ0v) is 19.7. The Morgan fingerprint density at radius 1 is 1.00 bits per heavy atom. The molecule has 1 atom stereocenters. The highest BCUT2D eigenvalue weighted by Crippen LogP contribution is 2.26. The molecule has 3 heterocycles.